The second-order valence-electron chi connectivity index (χ2n) is 4.92. The van der Waals surface area contributed by atoms with Crippen molar-refractivity contribution < 1.29 is 13.9 Å². The third-order valence-corrected chi connectivity index (χ3v) is 3.71. The summed E-state index contributed by atoms with van der Waals surface area (Å²) in [6.45, 7) is 0.623. The lowest BCUT2D eigenvalue weighted by Gasteiger charge is -2.30. The van der Waals surface area contributed by atoms with Gasteiger partial charge in [0.15, 0.2) is 6.79 Å². The van der Waals surface area contributed by atoms with Crippen molar-refractivity contribution in [2.45, 2.75) is 37.8 Å². The van der Waals surface area contributed by atoms with Gasteiger partial charge in [-0.2, -0.15) is 0 Å². The molecule has 1 aliphatic heterocycles. The molecule has 1 aromatic carbocycles. The monoisotopic (exact) mass is 237 g/mol. The summed E-state index contributed by atoms with van der Waals surface area (Å²) in [5, 5.41) is 0. The first-order valence-corrected chi connectivity index (χ1v) is 6.01. The zero-order chi connectivity index (χ0) is 11.9. The number of halogens is 1. The number of nitrogens with two attached hydrogens (primary N) is 1. The predicted octanol–water partition coefficient (Wildman–Crippen LogP) is 2.42. The lowest BCUT2D eigenvalue weighted by atomic mass is 9.87. The lowest BCUT2D eigenvalue weighted by molar-refractivity contribution is -0.0180. The van der Waals surface area contributed by atoms with E-state index < -0.39 is 5.54 Å². The molecular formula is C13H16FNO2. The molecule has 0 amide bonds. The fraction of sp³-hybridized carbons (Fsp3) is 0.538. The van der Waals surface area contributed by atoms with Crippen molar-refractivity contribution in [1.29, 1.82) is 0 Å². The minimum atomic E-state index is -0.427. The maximum atomic E-state index is 13.6. The molecule has 0 atom stereocenters. The molecule has 17 heavy (non-hydrogen) atoms. The van der Waals surface area contributed by atoms with Crippen molar-refractivity contribution in [3.8, 4) is 5.75 Å². The summed E-state index contributed by atoms with van der Waals surface area (Å²) in [4.78, 5) is 0. The normalized spacial score (nSPS) is 22.0. The number of fused-ring (bicyclic) bond motifs is 1. The van der Waals surface area contributed by atoms with E-state index in [-0.39, 0.29) is 12.6 Å². The van der Waals surface area contributed by atoms with Crippen molar-refractivity contribution in [2.24, 2.45) is 5.73 Å². The Balaban J connectivity index is 2.11. The standard InChI is InChI=1S/C13H16FNO2/c14-10-5-9-7-16-8-17-12(9)11(6-10)13(15)3-1-2-4-13/h5-6H,1-4,7-8,15H2. The molecule has 3 rings (SSSR count). The fourth-order valence-corrected chi connectivity index (χ4v) is 2.83. The SMILES string of the molecule is NC1(c2cc(F)cc3c2OCOC3)CCCC1. The van der Waals surface area contributed by atoms with Crippen molar-refractivity contribution in [1.82, 2.24) is 0 Å². The van der Waals surface area contributed by atoms with Crippen LogP contribution in [0.25, 0.3) is 0 Å². The van der Waals surface area contributed by atoms with Crippen LogP contribution >= 0.6 is 0 Å². The Morgan fingerprint density at radius 2 is 2.00 bits per heavy atom. The van der Waals surface area contributed by atoms with Crippen LogP contribution in [0.15, 0.2) is 12.1 Å². The largest absolute Gasteiger partial charge is 0.467 e. The van der Waals surface area contributed by atoms with Crippen LogP contribution in [-0.2, 0) is 16.9 Å². The maximum Gasteiger partial charge on any atom is 0.189 e. The average Bonchev–Trinajstić information content (AvgIpc) is 2.76. The van der Waals surface area contributed by atoms with E-state index in [0.717, 1.165) is 42.6 Å². The van der Waals surface area contributed by atoms with Gasteiger partial charge in [0.05, 0.1) is 6.61 Å². The van der Waals surface area contributed by atoms with Crippen LogP contribution in [0.2, 0.25) is 0 Å². The first-order valence-electron chi connectivity index (χ1n) is 6.01. The van der Waals surface area contributed by atoms with Gasteiger partial charge in [-0.3, -0.25) is 0 Å². The summed E-state index contributed by atoms with van der Waals surface area (Å²) in [5.41, 5.74) is 7.54. The van der Waals surface area contributed by atoms with Crippen LogP contribution in [0.5, 0.6) is 5.75 Å². The summed E-state index contributed by atoms with van der Waals surface area (Å²) in [6.07, 6.45) is 3.98. The molecule has 0 aromatic heterocycles. The molecule has 1 aliphatic carbocycles. The molecule has 0 radical (unpaired) electrons. The van der Waals surface area contributed by atoms with E-state index in [1.807, 2.05) is 0 Å². The Morgan fingerprint density at radius 3 is 2.76 bits per heavy atom. The van der Waals surface area contributed by atoms with Gasteiger partial charge in [0.25, 0.3) is 0 Å². The Morgan fingerprint density at radius 1 is 1.24 bits per heavy atom. The van der Waals surface area contributed by atoms with Crippen molar-refractivity contribution >= 4 is 0 Å². The van der Waals surface area contributed by atoms with E-state index in [2.05, 4.69) is 0 Å². The lowest BCUT2D eigenvalue weighted by Crippen LogP contribution is -2.34. The van der Waals surface area contributed by atoms with Gasteiger partial charge in [-0.25, -0.2) is 4.39 Å². The summed E-state index contributed by atoms with van der Waals surface area (Å²) < 4.78 is 24.3. The highest BCUT2D eigenvalue weighted by Crippen LogP contribution is 2.43. The van der Waals surface area contributed by atoms with Crippen LogP contribution in [0.4, 0.5) is 4.39 Å². The van der Waals surface area contributed by atoms with Crippen LogP contribution in [-0.4, -0.2) is 6.79 Å². The van der Waals surface area contributed by atoms with Gasteiger partial charge in [0, 0.05) is 16.7 Å². The maximum absolute atomic E-state index is 13.6. The minimum Gasteiger partial charge on any atom is -0.467 e. The Hall–Kier alpha value is -1.13. The van der Waals surface area contributed by atoms with Crippen LogP contribution in [0, 0.1) is 5.82 Å². The summed E-state index contributed by atoms with van der Waals surface area (Å²) >= 11 is 0. The van der Waals surface area contributed by atoms with E-state index >= 15 is 0 Å². The smallest absolute Gasteiger partial charge is 0.189 e. The molecule has 92 valence electrons. The molecule has 1 saturated carbocycles. The van der Waals surface area contributed by atoms with E-state index in [1.165, 1.54) is 12.1 Å². The highest BCUT2D eigenvalue weighted by molar-refractivity contribution is 5.46. The molecule has 1 aromatic rings. The van der Waals surface area contributed by atoms with Gasteiger partial charge in [-0.15, -0.1) is 0 Å². The molecule has 0 bridgehead atoms. The molecule has 2 aliphatic rings. The molecule has 4 heteroatoms. The minimum absolute atomic E-state index is 0.224. The highest BCUT2D eigenvalue weighted by Gasteiger charge is 2.35. The summed E-state index contributed by atoms with van der Waals surface area (Å²) in [5.74, 6) is 0.478. The Kier molecular flexibility index (Phi) is 2.56. The van der Waals surface area contributed by atoms with Gasteiger partial charge in [-0.05, 0) is 25.0 Å². The van der Waals surface area contributed by atoms with Crippen molar-refractivity contribution in [3.05, 3.63) is 29.1 Å². The van der Waals surface area contributed by atoms with Gasteiger partial charge in [0.1, 0.15) is 11.6 Å². The molecule has 3 nitrogen and oxygen atoms in total. The zero-order valence-corrected chi connectivity index (χ0v) is 9.67. The summed E-state index contributed by atoms with van der Waals surface area (Å²) in [7, 11) is 0. The van der Waals surface area contributed by atoms with E-state index in [9.17, 15) is 4.39 Å². The van der Waals surface area contributed by atoms with Crippen LogP contribution in [0.3, 0.4) is 0 Å². The van der Waals surface area contributed by atoms with Crippen molar-refractivity contribution in [2.75, 3.05) is 6.79 Å². The zero-order valence-electron chi connectivity index (χ0n) is 9.67. The quantitative estimate of drug-likeness (QED) is 0.815. The first kappa shape index (κ1) is 11.0. The fourth-order valence-electron chi connectivity index (χ4n) is 2.83. The van der Waals surface area contributed by atoms with E-state index in [0.29, 0.717) is 6.61 Å². The average molecular weight is 237 g/mol. The predicted molar refractivity (Wildman–Crippen MR) is 61.0 cm³/mol. The summed E-state index contributed by atoms with van der Waals surface area (Å²) in [6, 6.07) is 2.99. The number of rotatable bonds is 1. The number of hydrogen-bond donors (Lipinski definition) is 1. The number of hydrogen-bond acceptors (Lipinski definition) is 3. The van der Waals surface area contributed by atoms with Crippen molar-refractivity contribution in [3.63, 3.8) is 0 Å². The molecule has 2 N–H and O–H groups in total. The molecule has 1 fully saturated rings. The van der Waals surface area contributed by atoms with E-state index in [1.54, 1.807) is 0 Å². The van der Waals surface area contributed by atoms with Gasteiger partial charge < -0.3 is 15.2 Å². The second-order valence-corrected chi connectivity index (χ2v) is 4.92. The topological polar surface area (TPSA) is 44.5 Å². The van der Waals surface area contributed by atoms with Crippen LogP contribution < -0.4 is 10.5 Å². The molecule has 0 spiro atoms. The third kappa shape index (κ3) is 1.81. The molecule has 1 heterocycles. The number of ether oxygens (including phenoxy) is 2. The van der Waals surface area contributed by atoms with E-state index in [4.69, 9.17) is 15.2 Å². The molecule has 0 unspecified atom stereocenters. The first-order chi connectivity index (χ1) is 8.19. The molecule has 0 saturated heterocycles. The van der Waals surface area contributed by atoms with Gasteiger partial charge in [0.2, 0.25) is 0 Å². The second kappa shape index (κ2) is 3.96. The third-order valence-electron chi connectivity index (χ3n) is 3.71. The van der Waals surface area contributed by atoms with Gasteiger partial charge in [-0.1, -0.05) is 12.8 Å². The molecular weight excluding hydrogens is 221 g/mol. The number of benzene rings is 1. The van der Waals surface area contributed by atoms with Gasteiger partial charge >= 0.3 is 0 Å². The Bertz CT molecular complexity index is 441. The highest BCUT2D eigenvalue weighted by atomic mass is 19.1. The van der Waals surface area contributed by atoms with Crippen LogP contribution in [0.1, 0.15) is 36.8 Å². The Labute approximate surface area is 99.7 Å².